The van der Waals surface area contributed by atoms with Crippen LogP contribution in [0, 0.1) is 0 Å². The Hall–Kier alpha value is -1.18. The Labute approximate surface area is 131 Å². The van der Waals surface area contributed by atoms with Crippen molar-refractivity contribution >= 4 is 10.0 Å². The molecular weight excluding hydrogens is 302 g/mol. The van der Waals surface area contributed by atoms with Crippen molar-refractivity contribution in [3.8, 4) is 5.75 Å². The van der Waals surface area contributed by atoms with Crippen LogP contribution in [0.2, 0.25) is 0 Å². The first kappa shape index (κ1) is 15.7. The summed E-state index contributed by atoms with van der Waals surface area (Å²) in [4.78, 5) is 6.39. The lowest BCUT2D eigenvalue weighted by Crippen LogP contribution is -2.58. The van der Waals surface area contributed by atoms with Crippen molar-refractivity contribution < 1.29 is 13.2 Å². The van der Waals surface area contributed by atoms with Crippen LogP contribution in [-0.4, -0.2) is 49.8 Å². The van der Waals surface area contributed by atoms with E-state index in [1.54, 1.807) is 19.4 Å². The van der Waals surface area contributed by atoms with Gasteiger partial charge in [-0.2, -0.15) is 0 Å². The number of nitrogens with zero attached hydrogens (tertiary/aromatic N) is 2. The molecule has 2 aliphatic rings. The number of likely N-dealkylation sites (tertiary alicyclic amines) is 1. The zero-order valence-corrected chi connectivity index (χ0v) is 13.7. The van der Waals surface area contributed by atoms with Gasteiger partial charge in [-0.1, -0.05) is 12.8 Å². The average Bonchev–Trinajstić information content (AvgIpc) is 2.94. The third-order valence-corrected chi connectivity index (χ3v) is 6.30. The number of methoxy groups -OCH3 is 1. The van der Waals surface area contributed by atoms with Crippen LogP contribution < -0.4 is 9.46 Å². The fourth-order valence-corrected chi connectivity index (χ4v) is 4.83. The molecule has 22 heavy (non-hydrogen) atoms. The molecular formula is C15H23N3O3S. The van der Waals surface area contributed by atoms with Gasteiger partial charge in [0.2, 0.25) is 10.0 Å². The number of aromatic nitrogens is 1. The van der Waals surface area contributed by atoms with Crippen LogP contribution in [0.1, 0.15) is 31.4 Å². The standard InChI is InChI=1S/C15H23N3O3S/c1-21-14-6-7-16-13(8-14)9-18-10-15(11-18)22(19,20)17-12-4-2-3-5-12/h6-8,12,15,17H,2-5,9-11H2,1H3. The van der Waals surface area contributed by atoms with Gasteiger partial charge in [0.15, 0.2) is 0 Å². The predicted molar refractivity (Wildman–Crippen MR) is 84.2 cm³/mol. The highest BCUT2D eigenvalue weighted by Crippen LogP contribution is 2.23. The van der Waals surface area contributed by atoms with Crippen molar-refractivity contribution in [2.24, 2.45) is 0 Å². The molecule has 3 rings (SSSR count). The summed E-state index contributed by atoms with van der Waals surface area (Å²) in [5.41, 5.74) is 0.902. The molecule has 2 fully saturated rings. The van der Waals surface area contributed by atoms with Crippen LogP contribution in [0.4, 0.5) is 0 Å². The van der Waals surface area contributed by atoms with E-state index in [0.29, 0.717) is 19.6 Å². The first-order chi connectivity index (χ1) is 10.6. The van der Waals surface area contributed by atoms with Crippen LogP contribution in [0.3, 0.4) is 0 Å². The molecule has 0 amide bonds. The summed E-state index contributed by atoms with van der Waals surface area (Å²) in [7, 11) is -1.56. The van der Waals surface area contributed by atoms with E-state index in [0.717, 1.165) is 37.1 Å². The quantitative estimate of drug-likeness (QED) is 0.849. The maximum absolute atomic E-state index is 12.3. The summed E-state index contributed by atoms with van der Waals surface area (Å²) < 4.78 is 32.6. The minimum absolute atomic E-state index is 0.152. The summed E-state index contributed by atoms with van der Waals surface area (Å²) in [5, 5.41) is -0.293. The molecule has 0 radical (unpaired) electrons. The van der Waals surface area contributed by atoms with Crippen LogP contribution in [0.15, 0.2) is 18.3 Å². The monoisotopic (exact) mass is 325 g/mol. The lowest BCUT2D eigenvalue weighted by molar-refractivity contribution is 0.172. The molecule has 0 unspecified atom stereocenters. The minimum atomic E-state index is -3.18. The first-order valence-corrected chi connectivity index (χ1v) is 9.34. The second-order valence-electron chi connectivity index (χ2n) is 6.15. The molecule has 1 N–H and O–H groups in total. The molecule has 122 valence electrons. The van der Waals surface area contributed by atoms with E-state index in [-0.39, 0.29) is 11.3 Å². The van der Waals surface area contributed by atoms with Gasteiger partial charge < -0.3 is 4.74 Å². The average molecular weight is 325 g/mol. The molecule has 1 aliphatic heterocycles. The molecule has 1 aromatic heterocycles. The van der Waals surface area contributed by atoms with Crippen LogP contribution in [0.25, 0.3) is 0 Å². The molecule has 0 aromatic carbocycles. The fourth-order valence-electron chi connectivity index (χ4n) is 3.12. The summed E-state index contributed by atoms with van der Waals surface area (Å²) in [5.74, 6) is 0.776. The maximum Gasteiger partial charge on any atom is 0.217 e. The molecule has 7 heteroatoms. The number of hydrogen-bond donors (Lipinski definition) is 1. The molecule has 1 aromatic rings. The molecule has 1 saturated heterocycles. The van der Waals surface area contributed by atoms with E-state index in [4.69, 9.17) is 4.74 Å². The van der Waals surface area contributed by atoms with Crippen molar-refractivity contribution in [2.75, 3.05) is 20.2 Å². The summed E-state index contributed by atoms with van der Waals surface area (Å²) >= 11 is 0. The molecule has 6 nitrogen and oxygen atoms in total. The number of hydrogen-bond acceptors (Lipinski definition) is 5. The molecule has 1 aliphatic carbocycles. The molecule has 0 atom stereocenters. The number of ether oxygens (including phenoxy) is 1. The zero-order valence-electron chi connectivity index (χ0n) is 12.9. The minimum Gasteiger partial charge on any atom is -0.497 e. The van der Waals surface area contributed by atoms with E-state index >= 15 is 0 Å². The van der Waals surface area contributed by atoms with Crippen molar-refractivity contribution in [3.63, 3.8) is 0 Å². The SMILES string of the molecule is COc1ccnc(CN2CC(S(=O)(=O)NC3CCCC3)C2)c1. The van der Waals surface area contributed by atoms with Gasteiger partial charge in [0.05, 0.1) is 12.8 Å². The second kappa shape index (κ2) is 6.52. The summed E-state index contributed by atoms with van der Waals surface area (Å²) in [6.07, 6.45) is 5.92. The van der Waals surface area contributed by atoms with E-state index in [9.17, 15) is 8.42 Å². The van der Waals surface area contributed by atoms with Crippen LogP contribution >= 0.6 is 0 Å². The zero-order chi connectivity index (χ0) is 15.6. The number of rotatable bonds is 6. The smallest absolute Gasteiger partial charge is 0.217 e. The highest BCUT2D eigenvalue weighted by atomic mass is 32.2. The number of nitrogens with one attached hydrogen (secondary N) is 1. The Kier molecular flexibility index (Phi) is 4.65. The van der Waals surface area contributed by atoms with Gasteiger partial charge in [0.25, 0.3) is 0 Å². The van der Waals surface area contributed by atoms with E-state index in [1.165, 1.54) is 0 Å². The Balaban J connectivity index is 1.50. The number of pyridine rings is 1. The van der Waals surface area contributed by atoms with E-state index < -0.39 is 10.0 Å². The molecule has 0 bridgehead atoms. The third-order valence-electron chi connectivity index (χ3n) is 4.46. The van der Waals surface area contributed by atoms with Crippen molar-refractivity contribution in [1.82, 2.24) is 14.6 Å². The van der Waals surface area contributed by atoms with Crippen molar-refractivity contribution in [3.05, 3.63) is 24.0 Å². The third kappa shape index (κ3) is 3.59. The van der Waals surface area contributed by atoms with Crippen LogP contribution in [0.5, 0.6) is 5.75 Å². The van der Waals surface area contributed by atoms with Gasteiger partial charge in [0, 0.05) is 37.9 Å². The maximum atomic E-state index is 12.3. The second-order valence-corrected chi connectivity index (χ2v) is 8.14. The van der Waals surface area contributed by atoms with E-state index in [2.05, 4.69) is 14.6 Å². The Morgan fingerprint density at radius 3 is 2.77 bits per heavy atom. The lowest BCUT2D eigenvalue weighted by Gasteiger charge is -2.38. The Morgan fingerprint density at radius 2 is 2.09 bits per heavy atom. The Morgan fingerprint density at radius 1 is 1.36 bits per heavy atom. The Bertz CT molecular complexity index is 608. The van der Waals surface area contributed by atoms with Gasteiger partial charge >= 0.3 is 0 Å². The van der Waals surface area contributed by atoms with Gasteiger partial charge in [-0.3, -0.25) is 9.88 Å². The van der Waals surface area contributed by atoms with Gasteiger partial charge in [0.1, 0.15) is 11.0 Å². The van der Waals surface area contributed by atoms with Crippen LogP contribution in [-0.2, 0) is 16.6 Å². The molecule has 2 heterocycles. The van der Waals surface area contributed by atoms with E-state index in [1.807, 2.05) is 6.07 Å². The highest BCUT2D eigenvalue weighted by molar-refractivity contribution is 7.90. The first-order valence-electron chi connectivity index (χ1n) is 7.79. The van der Waals surface area contributed by atoms with Gasteiger partial charge in [-0.05, 0) is 18.9 Å². The normalized spacial score (nSPS) is 21.0. The summed E-state index contributed by atoms with van der Waals surface area (Å²) in [6.45, 7) is 1.80. The van der Waals surface area contributed by atoms with Crippen molar-refractivity contribution in [1.29, 1.82) is 0 Å². The van der Waals surface area contributed by atoms with Gasteiger partial charge in [-0.15, -0.1) is 0 Å². The molecule has 1 saturated carbocycles. The number of sulfonamides is 1. The summed E-state index contributed by atoms with van der Waals surface area (Å²) in [6, 6.07) is 3.84. The van der Waals surface area contributed by atoms with Gasteiger partial charge in [-0.25, -0.2) is 13.1 Å². The molecule has 0 spiro atoms. The largest absolute Gasteiger partial charge is 0.497 e. The highest BCUT2D eigenvalue weighted by Gasteiger charge is 2.38. The predicted octanol–water partition coefficient (Wildman–Crippen LogP) is 1.14. The topological polar surface area (TPSA) is 71.5 Å². The fraction of sp³-hybridized carbons (Fsp3) is 0.667. The lowest BCUT2D eigenvalue weighted by atomic mass is 10.2. The van der Waals surface area contributed by atoms with Crippen molar-refractivity contribution in [2.45, 2.75) is 43.5 Å².